The molecule has 3 saturated heterocycles. The van der Waals surface area contributed by atoms with Crippen molar-refractivity contribution in [2.24, 2.45) is 5.92 Å². The number of piperidine rings is 1. The Morgan fingerprint density at radius 1 is 1.00 bits per heavy atom. The molecule has 10 heteroatoms. The zero-order chi connectivity index (χ0) is 17.4. The summed E-state index contributed by atoms with van der Waals surface area (Å²) < 4.78 is 30.4. The number of amides is 1. The van der Waals surface area contributed by atoms with Crippen LogP contribution in [0.2, 0.25) is 0 Å². The normalized spacial score (nSPS) is 26.7. The van der Waals surface area contributed by atoms with Crippen LogP contribution in [-0.4, -0.2) is 82.1 Å². The lowest BCUT2D eigenvalue weighted by atomic mass is 9.98. The zero-order valence-corrected chi connectivity index (χ0v) is 15.0. The molecule has 25 heavy (non-hydrogen) atoms. The summed E-state index contributed by atoms with van der Waals surface area (Å²) in [5.74, 6) is -0.0736. The molecule has 1 aromatic rings. The fourth-order valence-corrected chi connectivity index (χ4v) is 5.67. The van der Waals surface area contributed by atoms with Crippen LogP contribution in [-0.2, 0) is 15.0 Å². The van der Waals surface area contributed by atoms with E-state index in [1.54, 1.807) is 17.1 Å². The first kappa shape index (κ1) is 16.9. The lowest BCUT2D eigenvalue weighted by Crippen LogP contribution is -2.57. The number of hydrogen-bond donors (Lipinski definition) is 0. The minimum Gasteiger partial charge on any atom is -0.342 e. The number of carbonyl (C=O) groups is 1. The van der Waals surface area contributed by atoms with Crippen LogP contribution in [0.5, 0.6) is 0 Å². The van der Waals surface area contributed by atoms with Gasteiger partial charge in [0, 0.05) is 45.5 Å². The molecule has 1 aromatic heterocycles. The van der Waals surface area contributed by atoms with Crippen molar-refractivity contribution in [2.75, 3.05) is 39.3 Å². The molecule has 0 aromatic carbocycles. The molecule has 3 fully saturated rings. The van der Waals surface area contributed by atoms with Gasteiger partial charge in [-0.25, -0.2) is 4.68 Å². The quantitative estimate of drug-likeness (QED) is 0.729. The lowest BCUT2D eigenvalue weighted by Gasteiger charge is -2.42. The summed E-state index contributed by atoms with van der Waals surface area (Å²) in [4.78, 5) is 14.5. The topological polar surface area (TPSA) is 91.6 Å². The third kappa shape index (κ3) is 3.18. The van der Waals surface area contributed by atoms with E-state index in [2.05, 4.69) is 10.3 Å². The second kappa shape index (κ2) is 6.65. The second-order valence-corrected chi connectivity index (χ2v) is 9.02. The lowest BCUT2D eigenvalue weighted by molar-refractivity contribution is -0.135. The summed E-state index contributed by atoms with van der Waals surface area (Å²) >= 11 is 0. The van der Waals surface area contributed by atoms with Gasteiger partial charge < -0.3 is 4.90 Å². The number of hydrogen-bond acceptors (Lipinski definition) is 5. The molecule has 0 saturated carbocycles. The van der Waals surface area contributed by atoms with Gasteiger partial charge >= 0.3 is 0 Å². The van der Waals surface area contributed by atoms with Crippen LogP contribution in [0.15, 0.2) is 12.4 Å². The molecule has 0 spiro atoms. The van der Waals surface area contributed by atoms with Gasteiger partial charge in [0.05, 0.1) is 18.2 Å². The first-order chi connectivity index (χ1) is 12.1. The summed E-state index contributed by atoms with van der Waals surface area (Å²) in [5, 5.41) is 7.69. The monoisotopic (exact) mass is 368 g/mol. The molecular weight excluding hydrogens is 344 g/mol. The SMILES string of the molecule is O=C([C@H]1CCCN(S(=O)(=O)N2CC(n3ccnn3)C2)C1)N1CCCC1. The van der Waals surface area contributed by atoms with Crippen molar-refractivity contribution in [3.8, 4) is 0 Å². The highest BCUT2D eigenvalue weighted by atomic mass is 32.2. The Bertz CT molecular complexity index is 710. The Labute approximate surface area is 147 Å². The third-order valence-corrected chi connectivity index (χ3v) is 7.38. The Morgan fingerprint density at radius 3 is 2.44 bits per heavy atom. The molecule has 0 unspecified atom stereocenters. The highest BCUT2D eigenvalue weighted by molar-refractivity contribution is 7.86. The van der Waals surface area contributed by atoms with Crippen LogP contribution in [0.4, 0.5) is 0 Å². The Kier molecular flexibility index (Phi) is 4.50. The summed E-state index contributed by atoms with van der Waals surface area (Å²) in [6, 6.07) is 0.0455. The summed E-state index contributed by atoms with van der Waals surface area (Å²) in [6.45, 7) is 3.25. The minimum absolute atomic E-state index is 0.0455. The van der Waals surface area contributed by atoms with E-state index in [0.29, 0.717) is 26.2 Å². The van der Waals surface area contributed by atoms with E-state index in [1.807, 2.05) is 4.90 Å². The predicted molar refractivity (Wildman–Crippen MR) is 89.7 cm³/mol. The maximum atomic E-state index is 12.9. The smallest absolute Gasteiger partial charge is 0.282 e. The van der Waals surface area contributed by atoms with Gasteiger partial charge in [0.15, 0.2) is 0 Å². The van der Waals surface area contributed by atoms with Crippen LogP contribution in [0.3, 0.4) is 0 Å². The first-order valence-electron chi connectivity index (χ1n) is 8.95. The van der Waals surface area contributed by atoms with Crippen LogP contribution in [0, 0.1) is 5.92 Å². The first-order valence-corrected chi connectivity index (χ1v) is 10.4. The second-order valence-electron chi connectivity index (χ2n) is 7.09. The number of rotatable bonds is 4. The van der Waals surface area contributed by atoms with Gasteiger partial charge in [-0.2, -0.15) is 17.0 Å². The van der Waals surface area contributed by atoms with Crippen molar-refractivity contribution in [3.63, 3.8) is 0 Å². The van der Waals surface area contributed by atoms with Crippen molar-refractivity contribution >= 4 is 16.1 Å². The number of nitrogens with zero attached hydrogens (tertiary/aromatic N) is 6. The number of carbonyl (C=O) groups excluding carboxylic acids is 1. The van der Waals surface area contributed by atoms with Crippen LogP contribution >= 0.6 is 0 Å². The third-order valence-electron chi connectivity index (χ3n) is 5.45. The van der Waals surface area contributed by atoms with Crippen molar-refractivity contribution in [2.45, 2.75) is 31.7 Å². The van der Waals surface area contributed by atoms with Crippen LogP contribution < -0.4 is 0 Å². The van der Waals surface area contributed by atoms with E-state index in [9.17, 15) is 13.2 Å². The zero-order valence-electron chi connectivity index (χ0n) is 14.2. The van der Waals surface area contributed by atoms with Gasteiger partial charge in [-0.05, 0) is 25.7 Å². The van der Waals surface area contributed by atoms with E-state index in [-0.39, 0.29) is 17.9 Å². The fraction of sp³-hybridized carbons (Fsp3) is 0.800. The van der Waals surface area contributed by atoms with E-state index in [4.69, 9.17) is 0 Å². The standard InChI is InChI=1S/C15H24N6O3S/c22-15(18-6-1-2-7-18)13-4-3-8-19(10-13)25(23,24)20-11-14(12-20)21-9-5-16-17-21/h5,9,13-14H,1-4,6-8,10-12H2/t13-/m0/s1. The van der Waals surface area contributed by atoms with Crippen molar-refractivity contribution in [1.29, 1.82) is 0 Å². The molecular formula is C15H24N6O3S. The molecule has 1 amide bonds. The molecule has 138 valence electrons. The fourth-order valence-electron chi connectivity index (χ4n) is 3.90. The van der Waals surface area contributed by atoms with Gasteiger partial charge in [0.1, 0.15) is 0 Å². The maximum Gasteiger partial charge on any atom is 0.282 e. The van der Waals surface area contributed by atoms with Gasteiger partial charge in [0.2, 0.25) is 5.91 Å². The summed E-state index contributed by atoms with van der Waals surface area (Å²) in [7, 11) is -3.50. The summed E-state index contributed by atoms with van der Waals surface area (Å²) in [5.41, 5.74) is 0. The Hall–Kier alpha value is -1.52. The minimum atomic E-state index is -3.50. The summed E-state index contributed by atoms with van der Waals surface area (Å²) in [6.07, 6.45) is 6.97. The highest BCUT2D eigenvalue weighted by Crippen LogP contribution is 2.29. The average molecular weight is 368 g/mol. The molecule has 0 N–H and O–H groups in total. The molecule has 4 rings (SSSR count). The highest BCUT2D eigenvalue weighted by Gasteiger charge is 2.43. The van der Waals surface area contributed by atoms with E-state index >= 15 is 0 Å². The average Bonchev–Trinajstić information content (AvgIpc) is 3.26. The largest absolute Gasteiger partial charge is 0.342 e. The van der Waals surface area contributed by atoms with Crippen LogP contribution in [0.25, 0.3) is 0 Å². The Balaban J connectivity index is 1.38. The molecule has 0 radical (unpaired) electrons. The molecule has 0 bridgehead atoms. The van der Waals surface area contributed by atoms with Crippen molar-refractivity contribution in [1.82, 2.24) is 28.5 Å². The van der Waals surface area contributed by atoms with E-state index in [0.717, 1.165) is 38.8 Å². The predicted octanol–water partition coefficient (Wildman–Crippen LogP) is -0.286. The molecule has 9 nitrogen and oxygen atoms in total. The molecule has 1 atom stereocenters. The van der Waals surface area contributed by atoms with Crippen molar-refractivity contribution < 1.29 is 13.2 Å². The van der Waals surface area contributed by atoms with E-state index in [1.165, 1.54) is 8.61 Å². The van der Waals surface area contributed by atoms with Crippen molar-refractivity contribution in [3.05, 3.63) is 12.4 Å². The molecule has 0 aliphatic carbocycles. The molecule has 4 heterocycles. The number of aromatic nitrogens is 3. The number of likely N-dealkylation sites (tertiary alicyclic amines) is 1. The Morgan fingerprint density at radius 2 is 1.76 bits per heavy atom. The van der Waals surface area contributed by atoms with Crippen LogP contribution in [0.1, 0.15) is 31.7 Å². The molecule has 3 aliphatic heterocycles. The van der Waals surface area contributed by atoms with Gasteiger partial charge in [-0.1, -0.05) is 5.21 Å². The molecule has 3 aliphatic rings. The van der Waals surface area contributed by atoms with Gasteiger partial charge in [-0.15, -0.1) is 5.10 Å². The van der Waals surface area contributed by atoms with Gasteiger partial charge in [-0.3, -0.25) is 4.79 Å². The van der Waals surface area contributed by atoms with E-state index < -0.39 is 10.2 Å². The maximum absolute atomic E-state index is 12.9. The van der Waals surface area contributed by atoms with Gasteiger partial charge in [0.25, 0.3) is 10.2 Å².